The Labute approximate surface area is 86.5 Å². The first-order valence-electron chi connectivity index (χ1n) is 5.56. The van der Waals surface area contributed by atoms with E-state index in [1.165, 1.54) is 17.5 Å². The highest BCUT2D eigenvalue weighted by Crippen LogP contribution is 2.32. The molecule has 0 amide bonds. The molecule has 1 nitrogen and oxygen atoms in total. The molecule has 0 aliphatic carbocycles. The molecule has 14 heavy (non-hydrogen) atoms. The second-order valence-electron chi connectivity index (χ2n) is 4.37. The van der Waals surface area contributed by atoms with E-state index < -0.39 is 0 Å². The molecule has 0 bridgehead atoms. The molecule has 1 aromatic carbocycles. The van der Waals surface area contributed by atoms with Gasteiger partial charge in [0.25, 0.3) is 0 Å². The molecule has 1 N–H and O–H groups in total. The third kappa shape index (κ3) is 1.57. The summed E-state index contributed by atoms with van der Waals surface area (Å²) in [6.45, 7) is 7.83. The summed E-state index contributed by atoms with van der Waals surface area (Å²) in [5.41, 5.74) is 4.43. The SMILES string of the molecule is CCC1CNC(C)c2cc(C)ccc21. The van der Waals surface area contributed by atoms with Gasteiger partial charge in [0.1, 0.15) is 0 Å². The maximum atomic E-state index is 3.57. The first kappa shape index (κ1) is 9.72. The van der Waals surface area contributed by atoms with Crippen LogP contribution in [-0.4, -0.2) is 6.54 Å². The van der Waals surface area contributed by atoms with Crippen LogP contribution < -0.4 is 5.32 Å². The fourth-order valence-electron chi connectivity index (χ4n) is 2.34. The molecule has 2 atom stereocenters. The second-order valence-corrected chi connectivity index (χ2v) is 4.37. The Morgan fingerprint density at radius 1 is 1.36 bits per heavy atom. The molecule has 1 heteroatoms. The van der Waals surface area contributed by atoms with Gasteiger partial charge in [0.2, 0.25) is 0 Å². The minimum absolute atomic E-state index is 0.521. The number of fused-ring (bicyclic) bond motifs is 1. The Kier molecular flexibility index (Phi) is 2.60. The molecule has 0 saturated carbocycles. The molecule has 0 aromatic heterocycles. The normalized spacial score (nSPS) is 25.9. The van der Waals surface area contributed by atoms with E-state index in [0.29, 0.717) is 12.0 Å². The molecule has 0 fully saturated rings. The zero-order valence-electron chi connectivity index (χ0n) is 9.30. The average Bonchev–Trinajstić information content (AvgIpc) is 2.19. The van der Waals surface area contributed by atoms with Crippen molar-refractivity contribution in [2.45, 2.75) is 39.2 Å². The summed E-state index contributed by atoms with van der Waals surface area (Å²) in [6.07, 6.45) is 1.23. The van der Waals surface area contributed by atoms with Crippen LogP contribution in [0.5, 0.6) is 0 Å². The van der Waals surface area contributed by atoms with Crippen LogP contribution in [-0.2, 0) is 0 Å². The number of benzene rings is 1. The van der Waals surface area contributed by atoms with Crippen LogP contribution in [0.3, 0.4) is 0 Å². The predicted molar refractivity (Wildman–Crippen MR) is 60.6 cm³/mol. The van der Waals surface area contributed by atoms with Gasteiger partial charge in [0, 0.05) is 12.6 Å². The fourth-order valence-corrected chi connectivity index (χ4v) is 2.34. The van der Waals surface area contributed by atoms with Crippen LogP contribution in [0.15, 0.2) is 18.2 Å². The third-order valence-corrected chi connectivity index (χ3v) is 3.31. The molecule has 0 spiro atoms. The van der Waals surface area contributed by atoms with Gasteiger partial charge in [-0.2, -0.15) is 0 Å². The van der Waals surface area contributed by atoms with Crippen LogP contribution in [0.25, 0.3) is 0 Å². The highest BCUT2D eigenvalue weighted by Gasteiger charge is 2.22. The minimum atomic E-state index is 0.521. The average molecular weight is 189 g/mol. The lowest BCUT2D eigenvalue weighted by Crippen LogP contribution is -2.31. The summed E-state index contributed by atoms with van der Waals surface area (Å²) in [7, 11) is 0. The van der Waals surface area contributed by atoms with E-state index in [1.807, 2.05) is 0 Å². The van der Waals surface area contributed by atoms with Crippen molar-refractivity contribution in [2.75, 3.05) is 6.54 Å². The predicted octanol–water partition coefficient (Wildman–Crippen LogP) is 3.15. The van der Waals surface area contributed by atoms with Crippen molar-refractivity contribution >= 4 is 0 Å². The van der Waals surface area contributed by atoms with Gasteiger partial charge in [-0.15, -0.1) is 0 Å². The molecular weight excluding hydrogens is 170 g/mol. The van der Waals surface area contributed by atoms with Crippen LogP contribution in [0.2, 0.25) is 0 Å². The van der Waals surface area contributed by atoms with Crippen LogP contribution in [0, 0.1) is 6.92 Å². The number of aryl methyl sites for hydroxylation is 1. The summed E-state index contributed by atoms with van der Waals surface area (Å²) in [4.78, 5) is 0. The van der Waals surface area contributed by atoms with E-state index in [9.17, 15) is 0 Å². The molecular formula is C13H19N. The van der Waals surface area contributed by atoms with Crippen molar-refractivity contribution in [3.8, 4) is 0 Å². The van der Waals surface area contributed by atoms with E-state index in [2.05, 4.69) is 44.3 Å². The van der Waals surface area contributed by atoms with Gasteiger partial charge in [-0.05, 0) is 37.3 Å². The van der Waals surface area contributed by atoms with Gasteiger partial charge < -0.3 is 5.32 Å². The van der Waals surface area contributed by atoms with Crippen LogP contribution >= 0.6 is 0 Å². The molecule has 1 heterocycles. The van der Waals surface area contributed by atoms with Crippen molar-refractivity contribution in [1.29, 1.82) is 0 Å². The second kappa shape index (κ2) is 3.74. The van der Waals surface area contributed by atoms with E-state index in [4.69, 9.17) is 0 Å². The zero-order valence-corrected chi connectivity index (χ0v) is 9.30. The van der Waals surface area contributed by atoms with Crippen molar-refractivity contribution in [2.24, 2.45) is 0 Å². The van der Waals surface area contributed by atoms with E-state index in [0.717, 1.165) is 6.54 Å². The fraction of sp³-hybridized carbons (Fsp3) is 0.538. The standard InChI is InChI=1S/C13H19N/c1-4-11-8-14-10(3)13-7-9(2)5-6-12(11)13/h5-7,10-11,14H,4,8H2,1-3H3. The zero-order chi connectivity index (χ0) is 10.1. The molecule has 1 aromatic rings. The molecule has 2 rings (SSSR count). The van der Waals surface area contributed by atoms with E-state index in [1.54, 1.807) is 5.56 Å². The molecule has 76 valence electrons. The van der Waals surface area contributed by atoms with Crippen LogP contribution in [0.4, 0.5) is 0 Å². The van der Waals surface area contributed by atoms with E-state index >= 15 is 0 Å². The maximum absolute atomic E-state index is 3.57. The number of nitrogens with one attached hydrogen (secondary N) is 1. The Morgan fingerprint density at radius 3 is 2.86 bits per heavy atom. The Balaban J connectivity index is 2.45. The van der Waals surface area contributed by atoms with Crippen molar-refractivity contribution < 1.29 is 0 Å². The van der Waals surface area contributed by atoms with Gasteiger partial charge in [-0.25, -0.2) is 0 Å². The largest absolute Gasteiger partial charge is 0.310 e. The third-order valence-electron chi connectivity index (χ3n) is 3.31. The smallest absolute Gasteiger partial charge is 0.0294 e. The Hall–Kier alpha value is -0.820. The highest BCUT2D eigenvalue weighted by atomic mass is 14.9. The van der Waals surface area contributed by atoms with Crippen molar-refractivity contribution in [3.63, 3.8) is 0 Å². The van der Waals surface area contributed by atoms with Crippen molar-refractivity contribution in [3.05, 3.63) is 34.9 Å². The maximum Gasteiger partial charge on any atom is 0.0294 e. The molecule has 0 saturated heterocycles. The topological polar surface area (TPSA) is 12.0 Å². The summed E-state index contributed by atoms with van der Waals surface area (Å²) in [5.74, 6) is 0.710. The Bertz CT molecular complexity index is 330. The van der Waals surface area contributed by atoms with Gasteiger partial charge in [-0.3, -0.25) is 0 Å². The van der Waals surface area contributed by atoms with Gasteiger partial charge in [-0.1, -0.05) is 30.7 Å². The van der Waals surface area contributed by atoms with Crippen molar-refractivity contribution in [1.82, 2.24) is 5.32 Å². The van der Waals surface area contributed by atoms with Gasteiger partial charge in [0.15, 0.2) is 0 Å². The first-order valence-corrected chi connectivity index (χ1v) is 5.56. The summed E-state index contributed by atoms with van der Waals surface area (Å²) in [6, 6.07) is 7.40. The lowest BCUT2D eigenvalue weighted by Gasteiger charge is -2.30. The molecule has 1 aliphatic rings. The van der Waals surface area contributed by atoms with Gasteiger partial charge in [0.05, 0.1) is 0 Å². The highest BCUT2D eigenvalue weighted by molar-refractivity contribution is 5.38. The van der Waals surface area contributed by atoms with Gasteiger partial charge >= 0.3 is 0 Å². The lowest BCUT2D eigenvalue weighted by atomic mass is 9.85. The summed E-state index contributed by atoms with van der Waals surface area (Å²) in [5, 5.41) is 3.57. The molecule has 2 unspecified atom stereocenters. The first-order chi connectivity index (χ1) is 6.72. The molecule has 0 radical (unpaired) electrons. The minimum Gasteiger partial charge on any atom is -0.310 e. The monoisotopic (exact) mass is 189 g/mol. The quantitative estimate of drug-likeness (QED) is 0.715. The van der Waals surface area contributed by atoms with Crippen LogP contribution in [0.1, 0.15) is 48.9 Å². The summed E-state index contributed by atoms with van der Waals surface area (Å²) < 4.78 is 0. The number of hydrogen-bond acceptors (Lipinski definition) is 1. The number of rotatable bonds is 1. The Morgan fingerprint density at radius 2 is 2.14 bits per heavy atom. The summed E-state index contributed by atoms with van der Waals surface area (Å²) >= 11 is 0. The van der Waals surface area contributed by atoms with E-state index in [-0.39, 0.29) is 0 Å². The number of hydrogen-bond donors (Lipinski definition) is 1. The lowest BCUT2D eigenvalue weighted by molar-refractivity contribution is 0.469. The molecule has 1 aliphatic heterocycles.